The molecular formula is C20H15FN6. The van der Waals surface area contributed by atoms with E-state index in [0.29, 0.717) is 12.2 Å². The van der Waals surface area contributed by atoms with E-state index in [0.717, 1.165) is 33.6 Å². The van der Waals surface area contributed by atoms with Crippen LogP contribution in [0.3, 0.4) is 0 Å². The SMILES string of the molecule is Cc1nc2ncc(-n3ccc4ncncc43)cc2n1Cc1cccc(F)c1. The van der Waals surface area contributed by atoms with Gasteiger partial charge in [0.05, 0.1) is 34.6 Å². The topological polar surface area (TPSA) is 61.4 Å². The molecule has 0 aliphatic heterocycles. The van der Waals surface area contributed by atoms with Crippen LogP contribution in [0.1, 0.15) is 11.4 Å². The van der Waals surface area contributed by atoms with E-state index in [-0.39, 0.29) is 5.82 Å². The summed E-state index contributed by atoms with van der Waals surface area (Å²) in [5.41, 5.74) is 5.12. The Bertz CT molecular complexity index is 1290. The zero-order chi connectivity index (χ0) is 18.4. The van der Waals surface area contributed by atoms with Gasteiger partial charge in [0.15, 0.2) is 5.65 Å². The molecule has 0 aliphatic rings. The number of fused-ring (bicyclic) bond motifs is 2. The van der Waals surface area contributed by atoms with E-state index in [1.165, 1.54) is 12.4 Å². The third-order valence-electron chi connectivity index (χ3n) is 4.65. The second-order valence-corrected chi connectivity index (χ2v) is 6.39. The Morgan fingerprint density at radius 2 is 1.96 bits per heavy atom. The van der Waals surface area contributed by atoms with Crippen molar-refractivity contribution in [2.75, 3.05) is 0 Å². The van der Waals surface area contributed by atoms with Crippen molar-refractivity contribution in [1.82, 2.24) is 29.1 Å². The minimum absolute atomic E-state index is 0.243. The van der Waals surface area contributed by atoms with E-state index in [1.54, 1.807) is 24.5 Å². The highest BCUT2D eigenvalue weighted by Gasteiger charge is 2.12. The molecule has 132 valence electrons. The first-order chi connectivity index (χ1) is 13.2. The molecule has 6 nitrogen and oxygen atoms in total. The number of nitrogens with zero attached hydrogens (tertiary/aromatic N) is 6. The molecule has 0 saturated heterocycles. The minimum atomic E-state index is -0.243. The van der Waals surface area contributed by atoms with Crippen LogP contribution in [0, 0.1) is 12.7 Å². The summed E-state index contributed by atoms with van der Waals surface area (Å²) in [7, 11) is 0. The maximum atomic E-state index is 13.6. The second-order valence-electron chi connectivity index (χ2n) is 6.39. The Labute approximate surface area is 154 Å². The largest absolute Gasteiger partial charge is 0.322 e. The molecule has 5 rings (SSSR count). The fraction of sp³-hybridized carbons (Fsp3) is 0.100. The van der Waals surface area contributed by atoms with Gasteiger partial charge in [0.25, 0.3) is 0 Å². The van der Waals surface area contributed by atoms with Crippen LogP contribution in [0.2, 0.25) is 0 Å². The molecule has 27 heavy (non-hydrogen) atoms. The van der Waals surface area contributed by atoms with Crippen molar-refractivity contribution in [2.45, 2.75) is 13.5 Å². The molecule has 5 aromatic rings. The molecule has 0 aliphatic carbocycles. The van der Waals surface area contributed by atoms with Crippen molar-refractivity contribution in [3.8, 4) is 5.69 Å². The fourth-order valence-corrected chi connectivity index (χ4v) is 3.35. The third-order valence-corrected chi connectivity index (χ3v) is 4.65. The monoisotopic (exact) mass is 358 g/mol. The van der Waals surface area contributed by atoms with Crippen LogP contribution in [0.25, 0.3) is 27.9 Å². The number of aryl methyl sites for hydroxylation is 1. The molecular weight excluding hydrogens is 343 g/mol. The molecule has 0 saturated carbocycles. The summed E-state index contributed by atoms with van der Waals surface area (Å²) in [6.45, 7) is 2.46. The first-order valence-corrected chi connectivity index (χ1v) is 8.54. The Kier molecular flexibility index (Phi) is 3.46. The predicted molar refractivity (Wildman–Crippen MR) is 100 cm³/mol. The van der Waals surface area contributed by atoms with Crippen LogP contribution in [0.15, 0.2) is 61.3 Å². The van der Waals surface area contributed by atoms with Crippen LogP contribution >= 0.6 is 0 Å². The van der Waals surface area contributed by atoms with E-state index in [2.05, 4.69) is 19.9 Å². The molecule has 0 atom stereocenters. The van der Waals surface area contributed by atoms with Gasteiger partial charge in [-0.3, -0.25) is 0 Å². The summed E-state index contributed by atoms with van der Waals surface area (Å²) in [6, 6.07) is 10.6. The molecule has 0 radical (unpaired) electrons. The number of hydrogen-bond donors (Lipinski definition) is 0. The number of hydrogen-bond acceptors (Lipinski definition) is 4. The molecule has 7 heteroatoms. The highest BCUT2D eigenvalue weighted by atomic mass is 19.1. The lowest BCUT2D eigenvalue weighted by molar-refractivity contribution is 0.623. The zero-order valence-electron chi connectivity index (χ0n) is 14.5. The predicted octanol–water partition coefficient (Wildman–Crippen LogP) is 3.66. The van der Waals surface area contributed by atoms with Gasteiger partial charge in [-0.2, -0.15) is 0 Å². The van der Waals surface area contributed by atoms with Crippen molar-refractivity contribution in [3.05, 3.63) is 78.5 Å². The summed E-state index contributed by atoms with van der Waals surface area (Å²) < 4.78 is 17.6. The van der Waals surface area contributed by atoms with Gasteiger partial charge >= 0.3 is 0 Å². The van der Waals surface area contributed by atoms with Crippen molar-refractivity contribution >= 4 is 22.2 Å². The first-order valence-electron chi connectivity index (χ1n) is 8.54. The maximum Gasteiger partial charge on any atom is 0.178 e. The number of aromatic nitrogens is 6. The maximum absolute atomic E-state index is 13.6. The quantitative estimate of drug-likeness (QED) is 0.494. The van der Waals surface area contributed by atoms with Crippen LogP contribution < -0.4 is 0 Å². The average Bonchev–Trinajstić information content (AvgIpc) is 3.23. The van der Waals surface area contributed by atoms with Gasteiger partial charge in [0, 0.05) is 12.7 Å². The molecule has 0 bridgehead atoms. The van der Waals surface area contributed by atoms with Crippen molar-refractivity contribution in [1.29, 1.82) is 0 Å². The van der Waals surface area contributed by atoms with Crippen LogP contribution in [-0.2, 0) is 6.54 Å². The fourth-order valence-electron chi connectivity index (χ4n) is 3.35. The summed E-state index contributed by atoms with van der Waals surface area (Å²) >= 11 is 0. The number of halogens is 1. The lowest BCUT2D eigenvalue weighted by Crippen LogP contribution is -2.03. The number of pyridine rings is 1. The number of benzene rings is 1. The lowest BCUT2D eigenvalue weighted by atomic mass is 10.2. The first kappa shape index (κ1) is 15.6. The summed E-state index contributed by atoms with van der Waals surface area (Å²) in [6.07, 6.45) is 7.05. The van der Waals surface area contributed by atoms with Crippen molar-refractivity contribution < 1.29 is 4.39 Å². The molecule has 0 unspecified atom stereocenters. The Morgan fingerprint density at radius 3 is 2.85 bits per heavy atom. The zero-order valence-corrected chi connectivity index (χ0v) is 14.5. The summed E-state index contributed by atoms with van der Waals surface area (Å²) in [4.78, 5) is 17.4. The third kappa shape index (κ3) is 2.64. The van der Waals surface area contributed by atoms with Gasteiger partial charge in [-0.1, -0.05) is 12.1 Å². The highest BCUT2D eigenvalue weighted by molar-refractivity contribution is 5.79. The van der Waals surface area contributed by atoms with Gasteiger partial charge in [-0.25, -0.2) is 24.3 Å². The van der Waals surface area contributed by atoms with Crippen LogP contribution in [0.4, 0.5) is 4.39 Å². The summed E-state index contributed by atoms with van der Waals surface area (Å²) in [5, 5.41) is 0. The lowest BCUT2D eigenvalue weighted by Gasteiger charge is -2.09. The number of imidazole rings is 1. The van der Waals surface area contributed by atoms with E-state index >= 15 is 0 Å². The average molecular weight is 358 g/mol. The van der Waals surface area contributed by atoms with Gasteiger partial charge < -0.3 is 9.13 Å². The molecule has 1 aromatic carbocycles. The molecule has 0 amide bonds. The van der Waals surface area contributed by atoms with Gasteiger partial charge in [-0.15, -0.1) is 0 Å². The Morgan fingerprint density at radius 1 is 1.04 bits per heavy atom. The van der Waals surface area contributed by atoms with Crippen molar-refractivity contribution in [3.63, 3.8) is 0 Å². The Hall–Kier alpha value is -3.61. The van der Waals surface area contributed by atoms with Crippen molar-refractivity contribution in [2.24, 2.45) is 0 Å². The smallest absolute Gasteiger partial charge is 0.178 e. The van der Waals surface area contributed by atoms with Gasteiger partial charge in [-0.05, 0) is 36.8 Å². The van der Waals surface area contributed by atoms with Crippen LogP contribution in [0.5, 0.6) is 0 Å². The minimum Gasteiger partial charge on any atom is -0.322 e. The molecule has 0 fully saturated rings. The summed E-state index contributed by atoms with van der Waals surface area (Å²) in [5.74, 6) is 0.590. The molecule has 4 aromatic heterocycles. The highest BCUT2D eigenvalue weighted by Crippen LogP contribution is 2.22. The van der Waals surface area contributed by atoms with E-state index in [4.69, 9.17) is 0 Å². The standard InChI is InChI=1S/C20H15FN6/c1-13-25-20-18(27(13)11-14-3-2-4-15(21)7-14)8-16(9-23-20)26-6-5-17-19(26)10-22-12-24-17/h2-10,12H,11H2,1H3. The van der Waals surface area contributed by atoms with E-state index < -0.39 is 0 Å². The molecule has 0 N–H and O–H groups in total. The van der Waals surface area contributed by atoms with Gasteiger partial charge in [0.2, 0.25) is 0 Å². The Balaban J connectivity index is 1.65. The van der Waals surface area contributed by atoms with Gasteiger partial charge in [0.1, 0.15) is 18.0 Å². The normalized spacial score (nSPS) is 11.5. The number of rotatable bonds is 3. The second kappa shape index (κ2) is 5.98. The van der Waals surface area contributed by atoms with E-state index in [9.17, 15) is 4.39 Å². The molecule has 0 spiro atoms. The molecule has 4 heterocycles. The van der Waals surface area contributed by atoms with E-state index in [1.807, 2.05) is 40.5 Å². The van der Waals surface area contributed by atoms with Crippen LogP contribution in [-0.4, -0.2) is 29.1 Å².